The van der Waals surface area contributed by atoms with Crippen molar-refractivity contribution in [1.82, 2.24) is 4.98 Å². The summed E-state index contributed by atoms with van der Waals surface area (Å²) in [7, 11) is 0. The Labute approximate surface area is 103 Å². The molecule has 0 aliphatic rings. The first kappa shape index (κ1) is 12.3. The molecule has 1 heterocycles. The molecule has 4 nitrogen and oxygen atoms in total. The highest BCUT2D eigenvalue weighted by atomic mass is 19.1. The lowest BCUT2D eigenvalue weighted by molar-refractivity contribution is -0.144. The van der Waals surface area contributed by atoms with Crippen LogP contribution in [0.25, 0.3) is 10.9 Å². The second-order valence-electron chi connectivity index (χ2n) is 4.00. The number of ether oxygens (including phenoxy) is 1. The van der Waals surface area contributed by atoms with Gasteiger partial charge in [0, 0.05) is 6.20 Å². The van der Waals surface area contributed by atoms with E-state index in [1.165, 1.54) is 25.3 Å². The number of hydrogen-bond acceptors (Lipinski definition) is 3. The number of nitrogens with zero attached hydrogens (tertiary/aromatic N) is 1. The first-order valence-electron chi connectivity index (χ1n) is 5.44. The summed E-state index contributed by atoms with van der Waals surface area (Å²) in [4.78, 5) is 14.8. The minimum Gasteiger partial charge on any atom is -0.479 e. The van der Waals surface area contributed by atoms with E-state index in [4.69, 9.17) is 9.84 Å². The van der Waals surface area contributed by atoms with Crippen LogP contribution >= 0.6 is 0 Å². The highest BCUT2D eigenvalue weighted by Gasteiger charge is 2.16. The molecule has 2 rings (SSSR count). The Hall–Kier alpha value is -2.17. The first-order chi connectivity index (χ1) is 8.50. The number of benzene rings is 1. The third kappa shape index (κ3) is 2.11. The van der Waals surface area contributed by atoms with Crippen molar-refractivity contribution < 1.29 is 19.0 Å². The average molecular weight is 249 g/mol. The summed E-state index contributed by atoms with van der Waals surface area (Å²) in [5.74, 6) is -1.39. The summed E-state index contributed by atoms with van der Waals surface area (Å²) >= 11 is 0. The van der Waals surface area contributed by atoms with Crippen molar-refractivity contribution in [3.63, 3.8) is 0 Å². The fourth-order valence-electron chi connectivity index (χ4n) is 1.67. The molecular weight excluding hydrogens is 237 g/mol. The van der Waals surface area contributed by atoms with E-state index in [2.05, 4.69) is 4.98 Å². The van der Waals surface area contributed by atoms with Gasteiger partial charge < -0.3 is 9.84 Å². The van der Waals surface area contributed by atoms with Crippen LogP contribution in [-0.4, -0.2) is 22.2 Å². The van der Waals surface area contributed by atoms with Crippen LogP contribution in [0.2, 0.25) is 0 Å². The molecule has 0 saturated heterocycles. The lowest BCUT2D eigenvalue weighted by Gasteiger charge is -2.13. The Morgan fingerprint density at radius 2 is 2.17 bits per heavy atom. The number of fused-ring (bicyclic) bond motifs is 1. The van der Waals surface area contributed by atoms with E-state index in [0.717, 1.165) is 5.56 Å². The third-order valence-corrected chi connectivity index (χ3v) is 2.66. The molecule has 2 aromatic rings. The fraction of sp³-hybridized carbons (Fsp3) is 0.231. The third-order valence-electron chi connectivity index (χ3n) is 2.66. The lowest BCUT2D eigenvalue weighted by Crippen LogP contribution is -2.23. The van der Waals surface area contributed by atoms with Gasteiger partial charge in [0.1, 0.15) is 11.6 Å². The zero-order valence-electron chi connectivity index (χ0n) is 9.98. The molecule has 0 radical (unpaired) electrons. The molecule has 0 unspecified atom stereocenters. The summed E-state index contributed by atoms with van der Waals surface area (Å²) in [6.07, 6.45) is 0.425. The molecule has 1 aromatic heterocycles. The maximum atomic E-state index is 13.8. The molecular formula is C13H12FNO3. The lowest BCUT2D eigenvalue weighted by atomic mass is 10.1. The van der Waals surface area contributed by atoms with E-state index in [-0.39, 0.29) is 11.1 Å². The van der Waals surface area contributed by atoms with Crippen LogP contribution in [0.3, 0.4) is 0 Å². The van der Waals surface area contributed by atoms with Gasteiger partial charge in [0.2, 0.25) is 0 Å². The zero-order chi connectivity index (χ0) is 13.3. The van der Waals surface area contributed by atoms with Gasteiger partial charge in [-0.3, -0.25) is 4.98 Å². The van der Waals surface area contributed by atoms with Crippen LogP contribution in [0.4, 0.5) is 4.39 Å². The predicted octanol–water partition coefficient (Wildman–Crippen LogP) is 2.53. The maximum absolute atomic E-state index is 13.8. The molecule has 94 valence electrons. The molecule has 0 saturated carbocycles. The number of carbonyl (C=O) groups is 1. The smallest absolute Gasteiger partial charge is 0.344 e. The number of aromatic nitrogens is 1. The average Bonchev–Trinajstić information content (AvgIpc) is 2.34. The van der Waals surface area contributed by atoms with Crippen molar-refractivity contribution >= 4 is 16.9 Å². The second-order valence-corrected chi connectivity index (χ2v) is 4.00. The van der Waals surface area contributed by atoms with Crippen molar-refractivity contribution in [1.29, 1.82) is 0 Å². The molecule has 5 heteroatoms. The molecule has 18 heavy (non-hydrogen) atoms. The molecule has 0 spiro atoms. The fourth-order valence-corrected chi connectivity index (χ4v) is 1.67. The number of carboxylic acids is 1. The van der Waals surface area contributed by atoms with Gasteiger partial charge in [0.05, 0.1) is 10.9 Å². The number of aryl methyl sites for hydroxylation is 1. The Bertz CT molecular complexity index is 612. The standard InChI is InChI=1S/C13H12FNO3/c1-7-3-4-9(14)11-10(5-6-15-12(7)11)18-8(2)13(16)17/h3-6,8H,1-2H3,(H,16,17)/t8-/m1/s1. The Kier molecular flexibility index (Phi) is 3.14. The number of aliphatic carboxylic acids is 1. The van der Waals surface area contributed by atoms with Crippen LogP contribution in [0, 0.1) is 12.7 Å². The molecule has 0 bridgehead atoms. The minimum atomic E-state index is -1.10. The van der Waals surface area contributed by atoms with Gasteiger partial charge in [0.25, 0.3) is 0 Å². The van der Waals surface area contributed by atoms with Gasteiger partial charge in [0.15, 0.2) is 6.10 Å². The van der Waals surface area contributed by atoms with Crippen LogP contribution in [0.1, 0.15) is 12.5 Å². The molecule has 1 N–H and O–H groups in total. The van der Waals surface area contributed by atoms with Crippen LogP contribution in [-0.2, 0) is 4.79 Å². The summed E-state index contributed by atoms with van der Waals surface area (Å²) < 4.78 is 19.1. The van der Waals surface area contributed by atoms with E-state index in [9.17, 15) is 9.18 Å². The maximum Gasteiger partial charge on any atom is 0.344 e. The monoisotopic (exact) mass is 249 g/mol. The van der Waals surface area contributed by atoms with Gasteiger partial charge in [-0.05, 0) is 31.5 Å². The van der Waals surface area contributed by atoms with E-state index in [0.29, 0.717) is 5.52 Å². The molecule has 0 fully saturated rings. The highest BCUT2D eigenvalue weighted by molar-refractivity contribution is 5.88. The van der Waals surface area contributed by atoms with Crippen molar-refractivity contribution in [3.8, 4) is 5.75 Å². The van der Waals surface area contributed by atoms with Crippen molar-refractivity contribution in [2.45, 2.75) is 20.0 Å². The minimum absolute atomic E-state index is 0.191. The zero-order valence-corrected chi connectivity index (χ0v) is 9.98. The number of rotatable bonds is 3. The second kappa shape index (κ2) is 4.60. The Balaban J connectivity index is 2.58. The molecule has 1 atom stereocenters. The highest BCUT2D eigenvalue weighted by Crippen LogP contribution is 2.29. The van der Waals surface area contributed by atoms with E-state index < -0.39 is 17.9 Å². The van der Waals surface area contributed by atoms with Crippen molar-refractivity contribution in [3.05, 3.63) is 35.8 Å². The van der Waals surface area contributed by atoms with E-state index in [1.54, 1.807) is 13.0 Å². The molecule has 0 aliphatic heterocycles. The summed E-state index contributed by atoms with van der Waals surface area (Å²) in [6.45, 7) is 3.20. The quantitative estimate of drug-likeness (QED) is 0.908. The number of hydrogen-bond donors (Lipinski definition) is 1. The Morgan fingerprint density at radius 1 is 1.44 bits per heavy atom. The number of carboxylic acid groups (broad SMARTS) is 1. The van der Waals surface area contributed by atoms with Crippen LogP contribution in [0.5, 0.6) is 5.75 Å². The van der Waals surface area contributed by atoms with Gasteiger partial charge >= 0.3 is 5.97 Å². The van der Waals surface area contributed by atoms with Gasteiger partial charge in [-0.1, -0.05) is 6.07 Å². The molecule has 0 amide bonds. The number of pyridine rings is 1. The normalized spacial score (nSPS) is 12.4. The molecule has 1 aromatic carbocycles. The topological polar surface area (TPSA) is 59.4 Å². The van der Waals surface area contributed by atoms with Gasteiger partial charge in [-0.2, -0.15) is 0 Å². The summed E-state index contributed by atoms with van der Waals surface area (Å²) in [5, 5.41) is 9.02. The largest absolute Gasteiger partial charge is 0.479 e. The van der Waals surface area contributed by atoms with Crippen molar-refractivity contribution in [2.75, 3.05) is 0 Å². The summed E-state index contributed by atoms with van der Waals surface area (Å²) in [6, 6.07) is 4.40. The predicted molar refractivity (Wildman–Crippen MR) is 64.2 cm³/mol. The molecule has 0 aliphatic carbocycles. The summed E-state index contributed by atoms with van der Waals surface area (Å²) in [5.41, 5.74) is 1.28. The first-order valence-corrected chi connectivity index (χ1v) is 5.44. The van der Waals surface area contributed by atoms with E-state index in [1.807, 2.05) is 0 Å². The van der Waals surface area contributed by atoms with Crippen molar-refractivity contribution in [2.24, 2.45) is 0 Å². The van der Waals surface area contributed by atoms with Crippen LogP contribution in [0.15, 0.2) is 24.4 Å². The number of halogens is 1. The van der Waals surface area contributed by atoms with Gasteiger partial charge in [-0.25, -0.2) is 9.18 Å². The van der Waals surface area contributed by atoms with E-state index >= 15 is 0 Å². The Morgan fingerprint density at radius 3 is 2.83 bits per heavy atom. The van der Waals surface area contributed by atoms with Crippen LogP contribution < -0.4 is 4.74 Å². The SMILES string of the molecule is Cc1ccc(F)c2c(O[C@H](C)C(=O)O)ccnc12. The van der Waals surface area contributed by atoms with Gasteiger partial charge in [-0.15, -0.1) is 0 Å².